The molecule has 1 aliphatic heterocycles. The summed E-state index contributed by atoms with van der Waals surface area (Å²) in [5.74, 6) is -1.14. The number of ether oxygens (including phenoxy) is 1. The van der Waals surface area contributed by atoms with Gasteiger partial charge in [0.1, 0.15) is 16.5 Å². The quantitative estimate of drug-likeness (QED) is 0.403. The Morgan fingerprint density at radius 2 is 1.67 bits per heavy atom. The van der Waals surface area contributed by atoms with Crippen molar-refractivity contribution in [2.24, 2.45) is 0 Å². The molecule has 1 amide bonds. The third-order valence-electron chi connectivity index (χ3n) is 5.37. The lowest BCUT2D eigenvalue weighted by Gasteiger charge is -2.20. The third-order valence-corrected chi connectivity index (χ3v) is 7.19. The van der Waals surface area contributed by atoms with Crippen LogP contribution in [0.5, 0.6) is 5.75 Å². The fraction of sp³-hybridized carbons (Fsp3) is 0.167. The van der Waals surface area contributed by atoms with E-state index in [-0.39, 0.29) is 17.3 Å². The normalized spacial score (nSPS) is 13.8. The van der Waals surface area contributed by atoms with E-state index in [9.17, 15) is 22.4 Å². The molecule has 1 aliphatic rings. The Balaban J connectivity index is 1.44. The Morgan fingerprint density at radius 1 is 1.00 bits per heavy atom. The summed E-state index contributed by atoms with van der Waals surface area (Å²) < 4.78 is 45.7. The lowest BCUT2D eigenvalue weighted by molar-refractivity contribution is -0.117. The molecule has 0 spiro atoms. The Kier molecular flexibility index (Phi) is 6.15. The molecule has 1 saturated heterocycles. The van der Waals surface area contributed by atoms with Crippen molar-refractivity contribution in [1.82, 2.24) is 0 Å². The molecule has 0 unspecified atom stereocenters. The van der Waals surface area contributed by atoms with Crippen molar-refractivity contribution < 1.29 is 27.1 Å². The minimum absolute atomic E-state index is 0.0624. The highest BCUT2D eigenvalue weighted by Gasteiger charge is 2.25. The van der Waals surface area contributed by atoms with E-state index in [1.54, 1.807) is 29.2 Å². The minimum Gasteiger partial charge on any atom is -0.423 e. The summed E-state index contributed by atoms with van der Waals surface area (Å²) in [4.78, 5) is 25.6. The van der Waals surface area contributed by atoms with Crippen LogP contribution in [-0.2, 0) is 14.8 Å². The maximum absolute atomic E-state index is 14.0. The van der Waals surface area contributed by atoms with Crippen LogP contribution in [0.25, 0.3) is 0 Å². The highest BCUT2D eigenvalue weighted by atomic mass is 32.2. The molecule has 0 saturated carbocycles. The van der Waals surface area contributed by atoms with Gasteiger partial charge in [0.15, 0.2) is 0 Å². The predicted molar refractivity (Wildman–Crippen MR) is 121 cm³/mol. The second kappa shape index (κ2) is 9.03. The number of sulfonamides is 1. The minimum atomic E-state index is -4.09. The fourth-order valence-corrected chi connectivity index (χ4v) is 4.79. The lowest BCUT2D eigenvalue weighted by Crippen LogP contribution is -2.27. The molecular formula is C24H21FN2O5S. The van der Waals surface area contributed by atoms with Crippen molar-refractivity contribution in [2.45, 2.75) is 17.7 Å². The van der Waals surface area contributed by atoms with Crippen molar-refractivity contribution in [3.63, 3.8) is 0 Å². The number of carbonyl (C=O) groups is 2. The van der Waals surface area contributed by atoms with Crippen LogP contribution in [0.2, 0.25) is 0 Å². The fourth-order valence-electron chi connectivity index (χ4n) is 3.53. The van der Waals surface area contributed by atoms with Gasteiger partial charge >= 0.3 is 5.97 Å². The highest BCUT2D eigenvalue weighted by Crippen LogP contribution is 2.26. The molecule has 0 N–H and O–H groups in total. The van der Waals surface area contributed by atoms with Gasteiger partial charge < -0.3 is 9.64 Å². The van der Waals surface area contributed by atoms with Crippen LogP contribution in [0.15, 0.2) is 77.7 Å². The van der Waals surface area contributed by atoms with E-state index in [0.29, 0.717) is 18.5 Å². The molecular weight excluding hydrogens is 447 g/mol. The van der Waals surface area contributed by atoms with Gasteiger partial charge in [-0.25, -0.2) is 17.6 Å². The predicted octanol–water partition coefficient (Wildman–Crippen LogP) is 4.00. The van der Waals surface area contributed by atoms with Gasteiger partial charge in [0.25, 0.3) is 10.0 Å². The second-order valence-electron chi connectivity index (χ2n) is 7.48. The number of benzene rings is 3. The summed E-state index contributed by atoms with van der Waals surface area (Å²) in [6, 6.07) is 17.6. The molecule has 1 fully saturated rings. The lowest BCUT2D eigenvalue weighted by atomic mass is 10.2. The van der Waals surface area contributed by atoms with Crippen LogP contribution in [0.3, 0.4) is 0 Å². The zero-order valence-electron chi connectivity index (χ0n) is 17.8. The molecule has 0 bridgehead atoms. The summed E-state index contributed by atoms with van der Waals surface area (Å²) in [6.45, 7) is 0.663. The van der Waals surface area contributed by atoms with Gasteiger partial charge in [-0.2, -0.15) is 0 Å². The number of esters is 1. The Hall–Kier alpha value is -3.72. The zero-order chi connectivity index (χ0) is 23.6. The number of nitrogens with zero attached hydrogens (tertiary/aromatic N) is 2. The molecule has 3 aromatic carbocycles. The monoisotopic (exact) mass is 468 g/mol. The summed E-state index contributed by atoms with van der Waals surface area (Å²) in [6.07, 6.45) is 1.34. The van der Waals surface area contributed by atoms with Gasteiger partial charge in [0.05, 0.1) is 11.3 Å². The van der Waals surface area contributed by atoms with Crippen molar-refractivity contribution in [3.8, 4) is 5.75 Å². The summed E-state index contributed by atoms with van der Waals surface area (Å²) in [5.41, 5.74) is 1.32. The summed E-state index contributed by atoms with van der Waals surface area (Å²) in [7, 11) is -2.78. The largest absolute Gasteiger partial charge is 0.423 e. The number of halogens is 1. The molecule has 0 aromatic heterocycles. The van der Waals surface area contributed by atoms with Crippen LogP contribution in [0.4, 0.5) is 15.8 Å². The van der Waals surface area contributed by atoms with E-state index < -0.39 is 26.7 Å². The first-order valence-electron chi connectivity index (χ1n) is 10.2. The maximum Gasteiger partial charge on any atom is 0.343 e. The van der Waals surface area contributed by atoms with E-state index in [1.165, 1.54) is 49.5 Å². The van der Waals surface area contributed by atoms with Crippen molar-refractivity contribution in [3.05, 3.63) is 84.2 Å². The van der Waals surface area contributed by atoms with Gasteiger partial charge in [-0.3, -0.25) is 9.10 Å². The number of hydrogen-bond acceptors (Lipinski definition) is 5. The van der Waals surface area contributed by atoms with Crippen molar-refractivity contribution >= 4 is 33.3 Å². The van der Waals surface area contributed by atoms with Crippen LogP contribution in [0.1, 0.15) is 23.2 Å². The number of carbonyl (C=O) groups excluding carboxylic acids is 2. The molecule has 33 heavy (non-hydrogen) atoms. The number of amides is 1. The van der Waals surface area contributed by atoms with E-state index in [0.717, 1.165) is 22.5 Å². The van der Waals surface area contributed by atoms with Crippen molar-refractivity contribution in [1.29, 1.82) is 0 Å². The van der Waals surface area contributed by atoms with Gasteiger partial charge in [-0.1, -0.05) is 12.1 Å². The van der Waals surface area contributed by atoms with Crippen LogP contribution in [0, 0.1) is 5.82 Å². The molecule has 170 valence electrons. The zero-order valence-corrected chi connectivity index (χ0v) is 18.6. The van der Waals surface area contributed by atoms with E-state index >= 15 is 0 Å². The van der Waals surface area contributed by atoms with Gasteiger partial charge in [0.2, 0.25) is 5.91 Å². The first-order valence-corrected chi connectivity index (χ1v) is 11.7. The standard InChI is InChI=1S/C24H21FN2O5S/c1-26(33(30,31)22-6-3-2-5-21(22)25)18-12-14-20(15-13-18)32-24(29)17-8-10-19(11-9-17)27-16-4-7-23(27)28/h2-3,5-6,8-15H,4,7,16H2,1H3. The average Bonchev–Trinajstić information content (AvgIpc) is 3.25. The van der Waals surface area contributed by atoms with Crippen LogP contribution < -0.4 is 13.9 Å². The molecule has 7 nitrogen and oxygen atoms in total. The molecule has 0 atom stereocenters. The Labute approximate surface area is 191 Å². The van der Waals surface area contributed by atoms with Crippen LogP contribution >= 0.6 is 0 Å². The average molecular weight is 469 g/mol. The van der Waals surface area contributed by atoms with Crippen molar-refractivity contribution in [2.75, 3.05) is 22.8 Å². The molecule has 9 heteroatoms. The molecule has 1 heterocycles. The smallest absolute Gasteiger partial charge is 0.343 e. The highest BCUT2D eigenvalue weighted by molar-refractivity contribution is 7.92. The third kappa shape index (κ3) is 4.58. The molecule has 4 rings (SSSR count). The van der Waals surface area contributed by atoms with Gasteiger partial charge in [-0.05, 0) is 67.1 Å². The number of hydrogen-bond donors (Lipinski definition) is 0. The molecule has 0 radical (unpaired) electrons. The first kappa shape index (κ1) is 22.5. The Morgan fingerprint density at radius 3 is 2.27 bits per heavy atom. The SMILES string of the molecule is CN(c1ccc(OC(=O)c2ccc(N3CCCC3=O)cc2)cc1)S(=O)(=O)c1ccccc1F. The second-order valence-corrected chi connectivity index (χ2v) is 9.42. The van der Waals surface area contributed by atoms with Crippen LogP contribution in [-0.4, -0.2) is 33.9 Å². The number of rotatable bonds is 6. The summed E-state index contributed by atoms with van der Waals surface area (Å²) >= 11 is 0. The first-order chi connectivity index (χ1) is 15.8. The maximum atomic E-state index is 14.0. The van der Waals surface area contributed by atoms with E-state index in [1.807, 2.05) is 0 Å². The van der Waals surface area contributed by atoms with Gasteiger partial charge in [-0.15, -0.1) is 0 Å². The molecule has 0 aliphatic carbocycles. The molecule has 3 aromatic rings. The van der Waals surface area contributed by atoms with E-state index in [4.69, 9.17) is 4.74 Å². The topological polar surface area (TPSA) is 84.0 Å². The summed E-state index contributed by atoms with van der Waals surface area (Å²) in [5, 5.41) is 0. The Bertz CT molecular complexity index is 1290. The van der Waals surface area contributed by atoms with E-state index in [2.05, 4.69) is 0 Å². The van der Waals surface area contributed by atoms with Gasteiger partial charge in [0, 0.05) is 25.7 Å². The number of anilines is 2.